The minimum Gasteiger partial charge on any atom is -0.344 e. The topological polar surface area (TPSA) is 72.7 Å². The monoisotopic (exact) mass is 333 g/mol. The van der Waals surface area contributed by atoms with Crippen molar-refractivity contribution in [1.82, 2.24) is 25.1 Å². The summed E-state index contributed by atoms with van der Waals surface area (Å²) in [7, 11) is 1.77. The molecule has 1 atom stereocenters. The van der Waals surface area contributed by atoms with Crippen molar-refractivity contribution >= 4 is 5.91 Å². The Morgan fingerprint density at radius 3 is 2.88 bits per heavy atom. The van der Waals surface area contributed by atoms with Gasteiger partial charge < -0.3 is 5.32 Å². The van der Waals surface area contributed by atoms with Gasteiger partial charge in [0.1, 0.15) is 11.5 Å². The lowest BCUT2D eigenvalue weighted by molar-refractivity contribution is 0.0927. The number of aryl methyl sites for hydroxylation is 3. The maximum atomic E-state index is 12.4. The largest absolute Gasteiger partial charge is 0.344 e. The Morgan fingerprint density at radius 2 is 2.12 bits per heavy atom. The zero-order chi connectivity index (χ0) is 17.4. The minimum atomic E-state index is -0.0895. The maximum absolute atomic E-state index is 12.4. The van der Waals surface area contributed by atoms with Crippen LogP contribution in [0.4, 0.5) is 0 Å². The maximum Gasteiger partial charge on any atom is 0.270 e. The molecule has 1 aromatic carbocycles. The summed E-state index contributed by atoms with van der Waals surface area (Å²) in [6, 6.07) is 10.0. The van der Waals surface area contributed by atoms with E-state index in [1.165, 1.54) is 11.1 Å². The zero-order valence-corrected chi connectivity index (χ0v) is 14.2. The van der Waals surface area contributed by atoms with Gasteiger partial charge in [-0.2, -0.15) is 5.10 Å². The second kappa shape index (κ2) is 6.12. The van der Waals surface area contributed by atoms with Crippen LogP contribution in [0.1, 0.15) is 39.9 Å². The van der Waals surface area contributed by atoms with Gasteiger partial charge in [0.25, 0.3) is 5.91 Å². The number of nitrogens with zero attached hydrogens (tertiary/aromatic N) is 4. The molecule has 1 amide bonds. The third kappa shape index (κ3) is 2.91. The van der Waals surface area contributed by atoms with Gasteiger partial charge in [0, 0.05) is 25.0 Å². The van der Waals surface area contributed by atoms with E-state index in [9.17, 15) is 4.79 Å². The van der Waals surface area contributed by atoms with Gasteiger partial charge in [-0.3, -0.25) is 9.48 Å². The number of carbonyl (C=O) groups is 1. The van der Waals surface area contributed by atoms with Crippen LogP contribution in [0, 0.1) is 6.92 Å². The number of carbonyl (C=O) groups excluding carboxylic acids is 1. The molecule has 3 aromatic rings. The molecule has 1 aliphatic rings. The summed E-state index contributed by atoms with van der Waals surface area (Å²) < 4.78 is 1.59. The number of rotatable bonds is 3. The van der Waals surface area contributed by atoms with Gasteiger partial charge in [0.2, 0.25) is 0 Å². The number of benzene rings is 1. The van der Waals surface area contributed by atoms with E-state index in [-0.39, 0.29) is 11.9 Å². The Morgan fingerprint density at radius 1 is 1.24 bits per heavy atom. The average Bonchev–Trinajstić information content (AvgIpc) is 3.21. The van der Waals surface area contributed by atoms with Crippen LogP contribution in [0.15, 0.2) is 42.7 Å². The number of hydrogen-bond donors (Lipinski definition) is 1. The van der Waals surface area contributed by atoms with Gasteiger partial charge in [0.15, 0.2) is 0 Å². The highest BCUT2D eigenvalue weighted by molar-refractivity contribution is 5.92. The molecule has 0 saturated heterocycles. The molecule has 0 fully saturated rings. The van der Waals surface area contributed by atoms with Crippen molar-refractivity contribution in [3.05, 3.63) is 65.4 Å². The molecular weight excluding hydrogens is 314 g/mol. The first-order chi connectivity index (χ1) is 12.1. The highest BCUT2D eigenvalue weighted by atomic mass is 16.2. The van der Waals surface area contributed by atoms with Gasteiger partial charge in [-0.1, -0.05) is 12.1 Å². The molecule has 2 aromatic heterocycles. The summed E-state index contributed by atoms with van der Waals surface area (Å²) in [5, 5.41) is 7.17. The summed E-state index contributed by atoms with van der Waals surface area (Å²) in [6.07, 6.45) is 5.27. The minimum absolute atomic E-state index is 0.0404. The molecule has 6 heteroatoms. The van der Waals surface area contributed by atoms with Crippen LogP contribution in [0.2, 0.25) is 0 Å². The highest BCUT2D eigenvalue weighted by Crippen LogP contribution is 2.34. The van der Waals surface area contributed by atoms with E-state index in [0.29, 0.717) is 5.69 Å². The first-order valence-electron chi connectivity index (χ1n) is 8.33. The fourth-order valence-electron chi connectivity index (χ4n) is 3.37. The van der Waals surface area contributed by atoms with Crippen LogP contribution in [0.25, 0.3) is 11.3 Å². The molecule has 1 aliphatic carbocycles. The molecule has 25 heavy (non-hydrogen) atoms. The van der Waals surface area contributed by atoms with Gasteiger partial charge in [0.05, 0.1) is 11.7 Å². The molecule has 0 spiro atoms. The van der Waals surface area contributed by atoms with Crippen LogP contribution >= 0.6 is 0 Å². The predicted octanol–water partition coefficient (Wildman–Crippen LogP) is 2.60. The molecule has 1 N–H and O–H groups in total. The van der Waals surface area contributed by atoms with E-state index >= 15 is 0 Å². The van der Waals surface area contributed by atoms with Crippen molar-refractivity contribution in [2.75, 3.05) is 0 Å². The number of hydrogen-bond acceptors (Lipinski definition) is 4. The third-order valence-electron chi connectivity index (χ3n) is 4.65. The molecule has 4 rings (SSSR count). The van der Waals surface area contributed by atoms with Gasteiger partial charge in [-0.25, -0.2) is 9.97 Å². The summed E-state index contributed by atoms with van der Waals surface area (Å²) in [4.78, 5) is 21.1. The Bertz CT molecular complexity index is 946. The van der Waals surface area contributed by atoms with Crippen molar-refractivity contribution in [3.8, 4) is 11.3 Å². The Kier molecular flexibility index (Phi) is 3.80. The number of amides is 1. The lowest BCUT2D eigenvalue weighted by Gasteiger charge is -2.14. The fraction of sp³-hybridized carbons (Fsp3) is 0.263. The Hall–Kier alpha value is -3.02. The number of aromatic nitrogens is 4. The Labute approximate surface area is 145 Å². The predicted molar refractivity (Wildman–Crippen MR) is 93.9 cm³/mol. The van der Waals surface area contributed by atoms with Gasteiger partial charge >= 0.3 is 0 Å². The van der Waals surface area contributed by atoms with Crippen LogP contribution in [0.5, 0.6) is 0 Å². The molecule has 0 bridgehead atoms. The van der Waals surface area contributed by atoms with E-state index in [2.05, 4.69) is 38.6 Å². The lowest BCUT2D eigenvalue weighted by atomic mass is 10.0. The second-order valence-electron chi connectivity index (χ2n) is 6.31. The van der Waals surface area contributed by atoms with Gasteiger partial charge in [-0.15, -0.1) is 0 Å². The summed E-state index contributed by atoms with van der Waals surface area (Å²) >= 11 is 0. The first-order valence-corrected chi connectivity index (χ1v) is 8.33. The highest BCUT2D eigenvalue weighted by Gasteiger charge is 2.25. The fourth-order valence-corrected chi connectivity index (χ4v) is 3.37. The van der Waals surface area contributed by atoms with Crippen LogP contribution in [-0.4, -0.2) is 25.7 Å². The van der Waals surface area contributed by atoms with Crippen molar-refractivity contribution in [2.24, 2.45) is 7.05 Å². The van der Waals surface area contributed by atoms with E-state index in [4.69, 9.17) is 0 Å². The smallest absolute Gasteiger partial charge is 0.270 e. The molecule has 126 valence electrons. The molecule has 2 heterocycles. The quantitative estimate of drug-likeness (QED) is 0.800. The standard InChI is InChI=1S/C19H19N5O/c1-12-20-9-7-16(22-12)14-3-5-15-13(11-14)4-6-17(15)23-19(25)18-8-10-21-24(18)2/h3,5,7-11,17H,4,6H2,1-2H3,(H,23,25)/t17-/m1/s1. The van der Waals surface area contributed by atoms with Crippen molar-refractivity contribution in [2.45, 2.75) is 25.8 Å². The molecule has 0 aliphatic heterocycles. The van der Waals surface area contributed by atoms with Gasteiger partial charge in [-0.05, 0) is 49.1 Å². The second-order valence-corrected chi connectivity index (χ2v) is 6.31. The van der Waals surface area contributed by atoms with E-state index in [0.717, 1.165) is 29.9 Å². The van der Waals surface area contributed by atoms with Crippen molar-refractivity contribution in [1.29, 1.82) is 0 Å². The molecule has 0 unspecified atom stereocenters. The summed E-state index contributed by atoms with van der Waals surface area (Å²) in [6.45, 7) is 1.89. The lowest BCUT2D eigenvalue weighted by Crippen LogP contribution is -2.28. The normalized spacial score (nSPS) is 15.8. The van der Waals surface area contributed by atoms with Crippen LogP contribution < -0.4 is 5.32 Å². The van der Waals surface area contributed by atoms with E-state index in [1.807, 2.05) is 13.0 Å². The van der Waals surface area contributed by atoms with Crippen molar-refractivity contribution in [3.63, 3.8) is 0 Å². The summed E-state index contributed by atoms with van der Waals surface area (Å²) in [5.74, 6) is 0.674. The summed E-state index contributed by atoms with van der Waals surface area (Å²) in [5.41, 5.74) is 5.04. The molecule has 6 nitrogen and oxygen atoms in total. The zero-order valence-electron chi connectivity index (χ0n) is 14.2. The average molecular weight is 333 g/mol. The number of fused-ring (bicyclic) bond motifs is 1. The molecule has 0 saturated carbocycles. The van der Waals surface area contributed by atoms with Crippen LogP contribution in [-0.2, 0) is 13.5 Å². The first kappa shape index (κ1) is 15.5. The van der Waals surface area contributed by atoms with E-state index in [1.54, 1.807) is 30.2 Å². The van der Waals surface area contributed by atoms with Crippen LogP contribution in [0.3, 0.4) is 0 Å². The Balaban J connectivity index is 1.57. The third-order valence-corrected chi connectivity index (χ3v) is 4.65. The SMILES string of the molecule is Cc1nccc(-c2ccc3c(c2)CC[C@H]3NC(=O)c2ccnn2C)n1. The number of nitrogens with one attached hydrogen (secondary N) is 1. The molecule has 0 radical (unpaired) electrons. The molecular formula is C19H19N5O. The van der Waals surface area contributed by atoms with E-state index < -0.39 is 0 Å². The van der Waals surface area contributed by atoms with Crippen molar-refractivity contribution < 1.29 is 4.79 Å².